The fourth-order valence-corrected chi connectivity index (χ4v) is 4.18. The third kappa shape index (κ3) is 6.29. The number of anilines is 1. The van der Waals surface area contributed by atoms with E-state index in [0.717, 1.165) is 5.46 Å². The molecule has 0 aromatic carbocycles. The zero-order chi connectivity index (χ0) is 27.1. The van der Waals surface area contributed by atoms with Crippen LogP contribution >= 0.6 is 0 Å². The normalized spacial score (nSPS) is 22.5. The molecule has 10 nitrogen and oxygen atoms in total. The molecule has 11 heteroatoms. The number of hydrogen-bond acceptors (Lipinski definition) is 8. The third-order valence-electron chi connectivity index (χ3n) is 6.98. The summed E-state index contributed by atoms with van der Waals surface area (Å²) in [5.74, 6) is 0.408. The van der Waals surface area contributed by atoms with Gasteiger partial charge in [0, 0.05) is 43.5 Å². The van der Waals surface area contributed by atoms with Crippen molar-refractivity contribution in [3.8, 4) is 0 Å². The van der Waals surface area contributed by atoms with Crippen LogP contribution in [-0.4, -0.2) is 82.5 Å². The van der Waals surface area contributed by atoms with Crippen molar-refractivity contribution in [1.82, 2.24) is 20.2 Å². The lowest BCUT2D eigenvalue weighted by molar-refractivity contribution is -0.135. The van der Waals surface area contributed by atoms with Gasteiger partial charge < -0.3 is 29.2 Å². The molecule has 1 N–H and O–H groups in total. The van der Waals surface area contributed by atoms with Gasteiger partial charge in [-0.2, -0.15) is 0 Å². The van der Waals surface area contributed by atoms with Gasteiger partial charge >= 0.3 is 13.2 Å². The van der Waals surface area contributed by atoms with Crippen LogP contribution in [0, 0.1) is 5.92 Å². The molecule has 1 aromatic rings. The first-order valence-corrected chi connectivity index (χ1v) is 12.7. The highest BCUT2D eigenvalue weighted by Gasteiger charge is 2.52. The topological polar surface area (TPSA) is 106 Å². The summed E-state index contributed by atoms with van der Waals surface area (Å²) >= 11 is 0. The summed E-state index contributed by atoms with van der Waals surface area (Å²) in [6, 6.07) is -0.659. The van der Waals surface area contributed by atoms with E-state index >= 15 is 0 Å². The molecular weight excluding hydrogens is 461 g/mol. The highest BCUT2D eigenvalue weighted by molar-refractivity contribution is 6.61. The summed E-state index contributed by atoms with van der Waals surface area (Å²) in [5, 5.41) is 2.76. The molecule has 0 saturated carbocycles. The first-order chi connectivity index (χ1) is 16.5. The van der Waals surface area contributed by atoms with Crippen molar-refractivity contribution in [3.63, 3.8) is 0 Å². The summed E-state index contributed by atoms with van der Waals surface area (Å²) < 4.78 is 17.5. The summed E-state index contributed by atoms with van der Waals surface area (Å²) in [7, 11) is -0.513. The van der Waals surface area contributed by atoms with Gasteiger partial charge in [0.25, 0.3) is 0 Å². The predicted octanol–water partition coefficient (Wildman–Crippen LogP) is 2.36. The Kier molecular flexibility index (Phi) is 7.96. The molecule has 2 fully saturated rings. The Morgan fingerprint density at radius 3 is 2.14 bits per heavy atom. The van der Waals surface area contributed by atoms with Gasteiger partial charge in [-0.15, -0.1) is 0 Å². The molecule has 2 amide bonds. The smallest absolute Gasteiger partial charge is 0.444 e. The van der Waals surface area contributed by atoms with Gasteiger partial charge in [0.05, 0.1) is 11.2 Å². The van der Waals surface area contributed by atoms with Gasteiger partial charge in [0.1, 0.15) is 11.6 Å². The zero-order valence-corrected chi connectivity index (χ0v) is 23.4. The van der Waals surface area contributed by atoms with E-state index in [0.29, 0.717) is 25.6 Å². The van der Waals surface area contributed by atoms with Crippen LogP contribution in [0.15, 0.2) is 12.4 Å². The molecule has 1 aromatic heterocycles. The highest BCUT2D eigenvalue weighted by Crippen LogP contribution is 2.36. The molecule has 0 unspecified atom stereocenters. The van der Waals surface area contributed by atoms with E-state index in [4.69, 9.17) is 14.0 Å². The van der Waals surface area contributed by atoms with Crippen LogP contribution in [0.25, 0.3) is 0 Å². The fraction of sp³-hybridized carbons (Fsp3) is 0.760. The molecule has 0 bridgehead atoms. The SMILES string of the molecule is CC(C)[C@H](NC(=O)OC(C)(C)C)C(=O)N1CCN(c2ncc(B3OC(C)(C)C(C)(C)O3)cn2)[C@H](C)C1. The standard InChI is InChI=1S/C25H42BN5O5/c1-16(2)19(29-22(33)34-23(4,5)6)20(32)30-11-12-31(17(3)15-30)21-27-13-18(14-28-21)26-35-24(7,8)25(9,10)36-26/h13-14,16-17,19H,11-12,15H2,1-10H3,(H,29,33)/t17-,19+/m1/s1. The quantitative estimate of drug-likeness (QED) is 0.611. The number of nitrogens with one attached hydrogen (secondary N) is 1. The van der Waals surface area contributed by atoms with Crippen LogP contribution in [0.3, 0.4) is 0 Å². The Morgan fingerprint density at radius 1 is 1.11 bits per heavy atom. The second-order valence-electron chi connectivity index (χ2n) is 12.1. The van der Waals surface area contributed by atoms with Gasteiger partial charge in [-0.1, -0.05) is 13.8 Å². The molecule has 2 aliphatic heterocycles. The molecular formula is C25H42BN5O5. The minimum Gasteiger partial charge on any atom is -0.444 e. The molecule has 3 heterocycles. The van der Waals surface area contributed by atoms with Gasteiger partial charge in [-0.25, -0.2) is 14.8 Å². The number of alkyl carbamates (subject to hydrolysis) is 1. The van der Waals surface area contributed by atoms with Crippen LogP contribution in [0.5, 0.6) is 0 Å². The largest absolute Gasteiger partial charge is 0.498 e. The lowest BCUT2D eigenvalue weighted by Gasteiger charge is -2.41. The third-order valence-corrected chi connectivity index (χ3v) is 6.98. The average Bonchev–Trinajstić information content (AvgIpc) is 2.97. The Morgan fingerprint density at radius 2 is 1.67 bits per heavy atom. The van der Waals surface area contributed by atoms with E-state index in [1.54, 1.807) is 38.1 Å². The number of hydrogen-bond donors (Lipinski definition) is 1. The number of aromatic nitrogens is 2. The van der Waals surface area contributed by atoms with Crippen molar-refractivity contribution in [2.45, 2.75) is 98.1 Å². The van der Waals surface area contributed by atoms with E-state index in [1.807, 2.05) is 48.5 Å². The molecule has 0 spiro atoms. The molecule has 2 saturated heterocycles. The van der Waals surface area contributed by atoms with Crippen molar-refractivity contribution in [2.75, 3.05) is 24.5 Å². The Bertz CT molecular complexity index is 931. The summed E-state index contributed by atoms with van der Waals surface area (Å²) in [4.78, 5) is 38.6. The van der Waals surface area contributed by atoms with Crippen LogP contribution in [-0.2, 0) is 18.8 Å². The minimum absolute atomic E-state index is 0.000244. The van der Waals surface area contributed by atoms with E-state index in [1.165, 1.54) is 0 Å². The highest BCUT2D eigenvalue weighted by atomic mass is 16.7. The predicted molar refractivity (Wildman–Crippen MR) is 139 cm³/mol. The number of piperazine rings is 1. The van der Waals surface area contributed by atoms with Crippen LogP contribution in [0.2, 0.25) is 0 Å². The fourth-order valence-electron chi connectivity index (χ4n) is 4.18. The van der Waals surface area contributed by atoms with Crippen molar-refractivity contribution in [3.05, 3.63) is 12.4 Å². The van der Waals surface area contributed by atoms with Gasteiger partial charge in [-0.05, 0) is 61.3 Å². The monoisotopic (exact) mass is 503 g/mol. The lowest BCUT2D eigenvalue weighted by atomic mass is 9.81. The summed E-state index contributed by atoms with van der Waals surface area (Å²) in [6.45, 7) is 20.9. The maximum absolute atomic E-state index is 13.3. The molecule has 0 aliphatic carbocycles. The van der Waals surface area contributed by atoms with Crippen LogP contribution in [0.1, 0.15) is 69.2 Å². The number of nitrogens with zero attached hydrogens (tertiary/aromatic N) is 4. The van der Waals surface area contributed by atoms with Crippen molar-refractivity contribution in [2.24, 2.45) is 5.92 Å². The number of carbonyl (C=O) groups is 2. The molecule has 3 rings (SSSR count). The maximum atomic E-state index is 13.3. The van der Waals surface area contributed by atoms with E-state index in [9.17, 15) is 9.59 Å². The maximum Gasteiger partial charge on any atom is 0.498 e. The molecule has 2 atom stereocenters. The molecule has 36 heavy (non-hydrogen) atoms. The first-order valence-electron chi connectivity index (χ1n) is 12.7. The van der Waals surface area contributed by atoms with Gasteiger partial charge in [0.2, 0.25) is 11.9 Å². The second-order valence-corrected chi connectivity index (χ2v) is 12.1. The number of ether oxygens (including phenoxy) is 1. The van der Waals surface area contributed by atoms with Crippen LogP contribution < -0.4 is 15.7 Å². The number of carbonyl (C=O) groups excluding carboxylic acids is 2. The molecule has 2 aliphatic rings. The van der Waals surface area contributed by atoms with Gasteiger partial charge in [-0.3, -0.25) is 4.79 Å². The Balaban J connectivity index is 1.62. The van der Waals surface area contributed by atoms with E-state index in [2.05, 4.69) is 20.2 Å². The first kappa shape index (κ1) is 28.2. The number of rotatable bonds is 5. The number of amides is 2. The summed E-state index contributed by atoms with van der Waals surface area (Å²) in [6.07, 6.45) is 2.90. The lowest BCUT2D eigenvalue weighted by Crippen LogP contribution is -2.59. The van der Waals surface area contributed by atoms with Crippen molar-refractivity contribution < 1.29 is 23.6 Å². The zero-order valence-electron chi connectivity index (χ0n) is 23.4. The molecule has 200 valence electrons. The van der Waals surface area contributed by atoms with Crippen molar-refractivity contribution in [1.29, 1.82) is 0 Å². The van der Waals surface area contributed by atoms with Gasteiger partial charge in [0.15, 0.2) is 0 Å². The summed E-state index contributed by atoms with van der Waals surface area (Å²) in [5.41, 5.74) is -0.723. The van der Waals surface area contributed by atoms with Crippen molar-refractivity contribution >= 4 is 30.5 Å². The Hall–Kier alpha value is -2.40. The minimum atomic E-state index is -0.658. The van der Waals surface area contributed by atoms with E-state index in [-0.39, 0.29) is 17.9 Å². The van der Waals surface area contributed by atoms with Crippen LogP contribution in [0.4, 0.5) is 10.7 Å². The Labute approximate surface area is 215 Å². The molecule has 0 radical (unpaired) electrons. The average molecular weight is 503 g/mol. The second kappa shape index (κ2) is 10.2. The van der Waals surface area contributed by atoms with E-state index < -0.39 is 36.1 Å².